The first-order chi connectivity index (χ1) is 8.95. The SMILES string of the molecule is CCOC(=O)CN(C(=O)c1ccc(O)cc1)C(C)C. The van der Waals surface area contributed by atoms with Crippen molar-refractivity contribution in [1.82, 2.24) is 4.90 Å². The fraction of sp³-hybridized carbons (Fsp3) is 0.429. The third-order valence-corrected chi connectivity index (χ3v) is 2.60. The van der Waals surface area contributed by atoms with Crippen LogP contribution in [0.2, 0.25) is 0 Å². The number of phenolic OH excluding ortho intramolecular Hbond substituents is 1. The van der Waals surface area contributed by atoms with Gasteiger partial charge in [0.2, 0.25) is 0 Å². The van der Waals surface area contributed by atoms with E-state index >= 15 is 0 Å². The van der Waals surface area contributed by atoms with Gasteiger partial charge in [-0.2, -0.15) is 0 Å². The van der Waals surface area contributed by atoms with Crippen molar-refractivity contribution in [3.63, 3.8) is 0 Å². The number of ether oxygens (including phenoxy) is 1. The molecule has 0 radical (unpaired) electrons. The molecule has 0 aliphatic heterocycles. The van der Waals surface area contributed by atoms with Crippen LogP contribution < -0.4 is 0 Å². The molecule has 19 heavy (non-hydrogen) atoms. The van der Waals surface area contributed by atoms with Gasteiger partial charge in [-0.15, -0.1) is 0 Å². The van der Waals surface area contributed by atoms with E-state index in [0.29, 0.717) is 5.56 Å². The minimum Gasteiger partial charge on any atom is -0.508 e. The molecular formula is C14H19NO4. The van der Waals surface area contributed by atoms with Crippen molar-refractivity contribution in [2.24, 2.45) is 0 Å². The highest BCUT2D eigenvalue weighted by Crippen LogP contribution is 2.13. The Hall–Kier alpha value is -2.04. The first-order valence-corrected chi connectivity index (χ1v) is 6.21. The van der Waals surface area contributed by atoms with Crippen molar-refractivity contribution >= 4 is 11.9 Å². The summed E-state index contributed by atoms with van der Waals surface area (Å²) in [5.74, 6) is -0.593. The maximum absolute atomic E-state index is 12.3. The molecule has 5 heteroatoms. The van der Waals surface area contributed by atoms with Crippen LogP contribution in [0.25, 0.3) is 0 Å². The van der Waals surface area contributed by atoms with E-state index in [2.05, 4.69) is 0 Å². The molecule has 1 N–H and O–H groups in total. The molecule has 104 valence electrons. The van der Waals surface area contributed by atoms with Crippen LogP contribution in [-0.4, -0.2) is 41.1 Å². The number of nitrogens with zero attached hydrogens (tertiary/aromatic N) is 1. The van der Waals surface area contributed by atoms with Crippen LogP contribution in [0.4, 0.5) is 0 Å². The minimum atomic E-state index is -0.427. The molecule has 1 rings (SSSR count). The summed E-state index contributed by atoms with van der Waals surface area (Å²) in [4.78, 5) is 25.2. The number of amides is 1. The largest absolute Gasteiger partial charge is 0.508 e. The molecular weight excluding hydrogens is 246 g/mol. The molecule has 0 saturated heterocycles. The van der Waals surface area contributed by atoms with Gasteiger partial charge in [0.15, 0.2) is 0 Å². The number of rotatable bonds is 5. The van der Waals surface area contributed by atoms with Crippen molar-refractivity contribution in [3.8, 4) is 5.75 Å². The van der Waals surface area contributed by atoms with Gasteiger partial charge >= 0.3 is 5.97 Å². The van der Waals surface area contributed by atoms with E-state index in [4.69, 9.17) is 4.74 Å². The summed E-state index contributed by atoms with van der Waals surface area (Å²) in [5.41, 5.74) is 0.427. The third kappa shape index (κ3) is 4.28. The average Bonchev–Trinajstić information content (AvgIpc) is 2.36. The molecule has 0 spiro atoms. The quantitative estimate of drug-likeness (QED) is 0.824. The molecule has 5 nitrogen and oxygen atoms in total. The van der Waals surface area contributed by atoms with Crippen LogP contribution in [-0.2, 0) is 9.53 Å². The number of benzene rings is 1. The lowest BCUT2D eigenvalue weighted by atomic mass is 10.1. The highest BCUT2D eigenvalue weighted by atomic mass is 16.5. The Bertz CT molecular complexity index is 439. The summed E-state index contributed by atoms with van der Waals surface area (Å²) in [5, 5.41) is 9.20. The van der Waals surface area contributed by atoms with Crippen molar-refractivity contribution in [2.75, 3.05) is 13.2 Å². The smallest absolute Gasteiger partial charge is 0.325 e. The van der Waals surface area contributed by atoms with Crippen LogP contribution in [0.1, 0.15) is 31.1 Å². The van der Waals surface area contributed by atoms with Gasteiger partial charge in [0.25, 0.3) is 5.91 Å². The second-order valence-electron chi connectivity index (χ2n) is 4.38. The van der Waals surface area contributed by atoms with E-state index in [1.807, 2.05) is 13.8 Å². The second-order valence-corrected chi connectivity index (χ2v) is 4.38. The standard InChI is InChI=1S/C14H19NO4/c1-4-19-13(17)9-15(10(2)3)14(18)11-5-7-12(16)8-6-11/h5-8,10,16H,4,9H2,1-3H3. The Balaban J connectivity index is 2.84. The summed E-state index contributed by atoms with van der Waals surface area (Å²) in [7, 11) is 0. The number of esters is 1. The average molecular weight is 265 g/mol. The lowest BCUT2D eigenvalue weighted by molar-refractivity contribution is -0.144. The lowest BCUT2D eigenvalue weighted by Gasteiger charge is -2.25. The van der Waals surface area contributed by atoms with Gasteiger partial charge in [-0.1, -0.05) is 0 Å². The maximum Gasteiger partial charge on any atom is 0.325 e. The molecule has 0 aromatic heterocycles. The Kier molecular flexibility index (Phi) is 5.36. The molecule has 0 atom stereocenters. The molecule has 0 aliphatic rings. The third-order valence-electron chi connectivity index (χ3n) is 2.60. The van der Waals surface area contributed by atoms with Crippen molar-refractivity contribution < 1.29 is 19.4 Å². The van der Waals surface area contributed by atoms with Gasteiger partial charge in [-0.3, -0.25) is 9.59 Å². The molecule has 0 fully saturated rings. The van der Waals surface area contributed by atoms with Crippen molar-refractivity contribution in [3.05, 3.63) is 29.8 Å². The van der Waals surface area contributed by atoms with Crippen molar-refractivity contribution in [1.29, 1.82) is 0 Å². The Morgan fingerprint density at radius 2 is 1.84 bits per heavy atom. The van der Waals surface area contributed by atoms with Gasteiger partial charge in [-0.05, 0) is 45.0 Å². The monoisotopic (exact) mass is 265 g/mol. The van der Waals surface area contributed by atoms with Gasteiger partial charge in [0, 0.05) is 11.6 Å². The minimum absolute atomic E-state index is 0.0782. The maximum atomic E-state index is 12.3. The number of carbonyl (C=O) groups excluding carboxylic acids is 2. The number of hydrogen-bond donors (Lipinski definition) is 1. The molecule has 0 heterocycles. The molecule has 1 aromatic carbocycles. The van der Waals surface area contributed by atoms with Gasteiger partial charge < -0.3 is 14.7 Å². The predicted molar refractivity (Wildman–Crippen MR) is 70.9 cm³/mol. The summed E-state index contributed by atoms with van der Waals surface area (Å²) < 4.78 is 4.85. The summed E-state index contributed by atoms with van der Waals surface area (Å²) in [6.07, 6.45) is 0. The predicted octanol–water partition coefficient (Wildman–Crippen LogP) is 1.81. The van der Waals surface area contributed by atoms with Crippen molar-refractivity contribution in [2.45, 2.75) is 26.8 Å². The number of aromatic hydroxyl groups is 1. The molecule has 1 aromatic rings. The Morgan fingerprint density at radius 3 is 2.32 bits per heavy atom. The Morgan fingerprint density at radius 1 is 1.26 bits per heavy atom. The first kappa shape index (κ1) is 15.0. The summed E-state index contributed by atoms with van der Waals surface area (Å²) in [6, 6.07) is 5.81. The second kappa shape index (κ2) is 6.78. The van der Waals surface area contributed by atoms with Gasteiger partial charge in [0.05, 0.1) is 6.61 Å². The highest BCUT2D eigenvalue weighted by Gasteiger charge is 2.22. The zero-order valence-corrected chi connectivity index (χ0v) is 11.4. The first-order valence-electron chi connectivity index (χ1n) is 6.21. The van der Waals surface area contributed by atoms with Crippen LogP contribution in [0, 0.1) is 0 Å². The molecule has 0 bridgehead atoms. The lowest BCUT2D eigenvalue weighted by Crippen LogP contribution is -2.41. The molecule has 0 aliphatic carbocycles. The van der Waals surface area contributed by atoms with Gasteiger partial charge in [0.1, 0.15) is 12.3 Å². The zero-order chi connectivity index (χ0) is 14.4. The Labute approximate surface area is 112 Å². The fourth-order valence-electron chi connectivity index (χ4n) is 1.60. The van der Waals surface area contributed by atoms with E-state index in [1.165, 1.54) is 29.2 Å². The topological polar surface area (TPSA) is 66.8 Å². The highest BCUT2D eigenvalue weighted by molar-refractivity contribution is 5.96. The van der Waals surface area contributed by atoms with Crippen LogP contribution in [0.15, 0.2) is 24.3 Å². The summed E-state index contributed by atoms with van der Waals surface area (Å²) in [6.45, 7) is 5.60. The number of phenols is 1. The van der Waals surface area contributed by atoms with E-state index in [9.17, 15) is 14.7 Å². The van der Waals surface area contributed by atoms with Gasteiger partial charge in [-0.25, -0.2) is 0 Å². The molecule has 0 unspecified atom stereocenters. The van der Waals surface area contributed by atoms with E-state index < -0.39 is 5.97 Å². The van der Waals surface area contributed by atoms with Crippen LogP contribution in [0.3, 0.4) is 0 Å². The molecule has 1 amide bonds. The van der Waals surface area contributed by atoms with Crippen LogP contribution >= 0.6 is 0 Å². The number of hydrogen-bond acceptors (Lipinski definition) is 4. The van der Waals surface area contributed by atoms with E-state index in [0.717, 1.165) is 0 Å². The fourth-order valence-corrected chi connectivity index (χ4v) is 1.60. The molecule has 0 saturated carbocycles. The summed E-state index contributed by atoms with van der Waals surface area (Å²) >= 11 is 0. The van der Waals surface area contributed by atoms with Crippen LogP contribution in [0.5, 0.6) is 5.75 Å². The van der Waals surface area contributed by atoms with E-state index in [-0.39, 0.29) is 30.9 Å². The van der Waals surface area contributed by atoms with E-state index in [1.54, 1.807) is 6.92 Å². The number of carbonyl (C=O) groups is 2. The normalized spacial score (nSPS) is 10.3. The zero-order valence-electron chi connectivity index (χ0n) is 11.4.